The van der Waals surface area contributed by atoms with Crippen molar-refractivity contribution in [2.75, 3.05) is 0 Å². The standard InChI is InChI=1S/C17H15F3O/c1-10-4-9-13(19)14(15(10)20)16(21)17(2,3)11-5-7-12(18)8-6-11/h4-9H,1-3H3. The lowest BCUT2D eigenvalue weighted by atomic mass is 9.77. The predicted molar refractivity (Wildman–Crippen MR) is 74.9 cm³/mol. The Hall–Kier alpha value is -2.10. The fourth-order valence-electron chi connectivity index (χ4n) is 2.17. The van der Waals surface area contributed by atoms with Crippen LogP contribution in [0.3, 0.4) is 0 Å². The third-order valence-electron chi connectivity index (χ3n) is 3.64. The number of rotatable bonds is 3. The van der Waals surface area contributed by atoms with Crippen molar-refractivity contribution in [2.24, 2.45) is 0 Å². The molecule has 0 saturated carbocycles. The summed E-state index contributed by atoms with van der Waals surface area (Å²) in [6, 6.07) is 7.68. The molecule has 2 rings (SSSR count). The van der Waals surface area contributed by atoms with Crippen molar-refractivity contribution in [1.82, 2.24) is 0 Å². The van der Waals surface area contributed by atoms with Crippen molar-refractivity contribution in [3.8, 4) is 0 Å². The third-order valence-corrected chi connectivity index (χ3v) is 3.64. The van der Waals surface area contributed by atoms with E-state index in [1.165, 1.54) is 37.3 Å². The van der Waals surface area contributed by atoms with Crippen molar-refractivity contribution in [2.45, 2.75) is 26.2 Å². The molecule has 0 aromatic heterocycles. The van der Waals surface area contributed by atoms with Gasteiger partial charge < -0.3 is 0 Å². The zero-order chi connectivity index (χ0) is 15.8. The molecule has 0 unspecified atom stereocenters. The molecule has 0 heterocycles. The van der Waals surface area contributed by atoms with Crippen LogP contribution in [-0.2, 0) is 5.41 Å². The number of Topliss-reactive ketones (excluding diaryl/α,β-unsaturated/α-hetero) is 1. The first-order chi connectivity index (χ1) is 9.75. The topological polar surface area (TPSA) is 17.1 Å². The molecule has 21 heavy (non-hydrogen) atoms. The van der Waals surface area contributed by atoms with Crippen LogP contribution in [0.1, 0.15) is 35.3 Å². The number of carbonyl (C=O) groups is 1. The molecule has 0 spiro atoms. The van der Waals surface area contributed by atoms with Gasteiger partial charge in [-0.2, -0.15) is 0 Å². The Morgan fingerprint density at radius 2 is 1.52 bits per heavy atom. The number of hydrogen-bond acceptors (Lipinski definition) is 1. The molecule has 0 bridgehead atoms. The Balaban J connectivity index is 2.53. The van der Waals surface area contributed by atoms with Crippen LogP contribution in [0, 0.1) is 24.4 Å². The molecular formula is C17H15F3O. The summed E-state index contributed by atoms with van der Waals surface area (Å²) < 4.78 is 40.9. The van der Waals surface area contributed by atoms with E-state index in [0.29, 0.717) is 5.56 Å². The Morgan fingerprint density at radius 3 is 2.10 bits per heavy atom. The molecule has 2 aromatic rings. The van der Waals surface area contributed by atoms with Crippen LogP contribution in [0.2, 0.25) is 0 Å². The van der Waals surface area contributed by atoms with Crippen LogP contribution in [0.4, 0.5) is 13.2 Å². The van der Waals surface area contributed by atoms with Crippen molar-refractivity contribution in [1.29, 1.82) is 0 Å². The first-order valence-corrected chi connectivity index (χ1v) is 6.50. The van der Waals surface area contributed by atoms with E-state index in [0.717, 1.165) is 6.07 Å². The van der Waals surface area contributed by atoms with Gasteiger partial charge in [0.05, 0.1) is 11.0 Å². The van der Waals surface area contributed by atoms with Gasteiger partial charge in [-0.25, -0.2) is 13.2 Å². The highest BCUT2D eigenvalue weighted by atomic mass is 19.1. The summed E-state index contributed by atoms with van der Waals surface area (Å²) in [4.78, 5) is 12.6. The Bertz CT molecular complexity index is 688. The molecule has 0 amide bonds. The van der Waals surface area contributed by atoms with E-state index in [-0.39, 0.29) is 5.56 Å². The van der Waals surface area contributed by atoms with Gasteiger partial charge in [-0.1, -0.05) is 18.2 Å². The van der Waals surface area contributed by atoms with E-state index in [4.69, 9.17) is 0 Å². The molecule has 0 N–H and O–H groups in total. The summed E-state index contributed by atoms with van der Waals surface area (Å²) >= 11 is 0. The maximum Gasteiger partial charge on any atom is 0.178 e. The monoisotopic (exact) mass is 292 g/mol. The van der Waals surface area contributed by atoms with Gasteiger partial charge in [0.1, 0.15) is 17.5 Å². The fourth-order valence-corrected chi connectivity index (χ4v) is 2.17. The van der Waals surface area contributed by atoms with Gasteiger partial charge in [-0.15, -0.1) is 0 Å². The van der Waals surface area contributed by atoms with Crippen molar-refractivity contribution >= 4 is 5.78 Å². The van der Waals surface area contributed by atoms with Crippen LogP contribution >= 0.6 is 0 Å². The largest absolute Gasteiger partial charge is 0.293 e. The molecule has 0 fully saturated rings. The quantitative estimate of drug-likeness (QED) is 0.757. The minimum Gasteiger partial charge on any atom is -0.293 e. The van der Waals surface area contributed by atoms with E-state index in [9.17, 15) is 18.0 Å². The minimum absolute atomic E-state index is 0.203. The molecule has 0 aliphatic carbocycles. The lowest BCUT2D eigenvalue weighted by Gasteiger charge is -2.24. The second-order valence-corrected chi connectivity index (χ2v) is 5.51. The molecule has 0 radical (unpaired) electrons. The highest BCUT2D eigenvalue weighted by Gasteiger charge is 2.34. The van der Waals surface area contributed by atoms with Crippen LogP contribution in [0.15, 0.2) is 36.4 Å². The van der Waals surface area contributed by atoms with E-state index >= 15 is 0 Å². The molecule has 2 aromatic carbocycles. The molecule has 0 aliphatic rings. The molecule has 4 heteroatoms. The molecule has 1 nitrogen and oxygen atoms in total. The normalized spacial score (nSPS) is 11.5. The van der Waals surface area contributed by atoms with Gasteiger partial charge in [-0.05, 0) is 50.1 Å². The first-order valence-electron chi connectivity index (χ1n) is 6.50. The van der Waals surface area contributed by atoms with E-state index in [2.05, 4.69) is 0 Å². The van der Waals surface area contributed by atoms with Gasteiger partial charge in [0, 0.05) is 0 Å². The van der Waals surface area contributed by atoms with Gasteiger partial charge in [0.25, 0.3) is 0 Å². The van der Waals surface area contributed by atoms with Gasteiger partial charge in [0.2, 0.25) is 0 Å². The third kappa shape index (κ3) is 2.71. The Labute approximate surface area is 121 Å². The number of halogens is 3. The summed E-state index contributed by atoms with van der Waals surface area (Å²) in [5.41, 5.74) is -1.02. The second kappa shape index (κ2) is 5.35. The summed E-state index contributed by atoms with van der Waals surface area (Å²) in [5.74, 6) is -2.85. The average Bonchev–Trinajstić information content (AvgIpc) is 2.43. The molecule has 0 aliphatic heterocycles. The van der Waals surface area contributed by atoms with Gasteiger partial charge in [0.15, 0.2) is 5.78 Å². The number of benzene rings is 2. The first kappa shape index (κ1) is 15.3. The zero-order valence-electron chi connectivity index (χ0n) is 12.0. The fraction of sp³-hybridized carbons (Fsp3) is 0.235. The number of carbonyl (C=O) groups excluding carboxylic acids is 1. The lowest BCUT2D eigenvalue weighted by molar-refractivity contribution is 0.0899. The van der Waals surface area contributed by atoms with E-state index < -0.39 is 34.2 Å². The SMILES string of the molecule is Cc1ccc(F)c(C(=O)C(C)(C)c2ccc(F)cc2)c1F. The molecule has 110 valence electrons. The van der Waals surface area contributed by atoms with Gasteiger partial charge in [-0.3, -0.25) is 4.79 Å². The summed E-state index contributed by atoms with van der Waals surface area (Å²) in [6.07, 6.45) is 0. The van der Waals surface area contributed by atoms with Crippen LogP contribution in [-0.4, -0.2) is 5.78 Å². The van der Waals surface area contributed by atoms with Crippen LogP contribution in [0.25, 0.3) is 0 Å². The summed E-state index contributed by atoms with van der Waals surface area (Å²) in [7, 11) is 0. The highest BCUT2D eigenvalue weighted by Crippen LogP contribution is 2.30. The smallest absolute Gasteiger partial charge is 0.178 e. The maximum atomic E-state index is 14.1. The van der Waals surface area contributed by atoms with Crippen molar-refractivity contribution in [3.05, 3.63) is 70.5 Å². The van der Waals surface area contributed by atoms with Crippen molar-refractivity contribution in [3.63, 3.8) is 0 Å². The summed E-state index contributed by atoms with van der Waals surface area (Å²) in [5, 5.41) is 0. The number of aryl methyl sites for hydroxylation is 1. The second-order valence-electron chi connectivity index (χ2n) is 5.51. The molecule has 0 atom stereocenters. The Morgan fingerprint density at radius 1 is 0.952 bits per heavy atom. The van der Waals surface area contributed by atoms with Crippen LogP contribution < -0.4 is 0 Å². The lowest BCUT2D eigenvalue weighted by Crippen LogP contribution is -2.31. The van der Waals surface area contributed by atoms with E-state index in [1.807, 2.05) is 0 Å². The van der Waals surface area contributed by atoms with Crippen molar-refractivity contribution < 1.29 is 18.0 Å². The van der Waals surface area contributed by atoms with Crippen LogP contribution in [0.5, 0.6) is 0 Å². The molecular weight excluding hydrogens is 277 g/mol. The predicted octanol–water partition coefficient (Wildman–Crippen LogP) is 4.57. The summed E-state index contributed by atoms with van der Waals surface area (Å²) in [6.45, 7) is 4.59. The Kier molecular flexibility index (Phi) is 3.90. The van der Waals surface area contributed by atoms with E-state index in [1.54, 1.807) is 13.8 Å². The number of hydrogen-bond donors (Lipinski definition) is 0. The van der Waals surface area contributed by atoms with Gasteiger partial charge >= 0.3 is 0 Å². The molecule has 0 saturated heterocycles. The average molecular weight is 292 g/mol. The number of ketones is 1. The zero-order valence-corrected chi connectivity index (χ0v) is 12.0. The highest BCUT2D eigenvalue weighted by molar-refractivity contribution is 6.04. The minimum atomic E-state index is -1.16. The maximum absolute atomic E-state index is 14.1.